The summed E-state index contributed by atoms with van der Waals surface area (Å²) in [5, 5.41) is 8.62. The number of pyridine rings is 1. The van der Waals surface area contributed by atoms with Gasteiger partial charge in [-0.1, -0.05) is 17.7 Å². The number of halogens is 4. The van der Waals surface area contributed by atoms with E-state index in [-0.39, 0.29) is 67.7 Å². The first-order valence-corrected chi connectivity index (χ1v) is 12.8. The van der Waals surface area contributed by atoms with Gasteiger partial charge in [0, 0.05) is 18.8 Å². The number of alkyl halides is 3. The van der Waals surface area contributed by atoms with Crippen LogP contribution in [0.1, 0.15) is 31.4 Å². The van der Waals surface area contributed by atoms with Gasteiger partial charge in [-0.2, -0.15) is 13.2 Å². The highest BCUT2D eigenvalue weighted by molar-refractivity contribution is 7.89. The molecule has 35 heavy (non-hydrogen) atoms. The number of rotatable bonds is 14. The number of nitrogens with zero attached hydrogens (tertiary/aromatic N) is 1. The third-order valence-electron chi connectivity index (χ3n) is 4.47. The molecule has 0 unspecified atom stereocenters. The fourth-order valence-corrected chi connectivity index (χ4v) is 4.13. The zero-order valence-corrected chi connectivity index (χ0v) is 20.8. The molecule has 0 atom stereocenters. The Bertz CT molecular complexity index is 1070. The maximum absolute atomic E-state index is 12.9. The highest BCUT2D eigenvalue weighted by atomic mass is 35.5. The highest BCUT2D eigenvalue weighted by Crippen LogP contribution is 2.36. The van der Waals surface area contributed by atoms with E-state index >= 15 is 0 Å². The van der Waals surface area contributed by atoms with Crippen molar-refractivity contribution in [2.24, 2.45) is 0 Å². The van der Waals surface area contributed by atoms with Gasteiger partial charge in [-0.3, -0.25) is 0 Å². The summed E-state index contributed by atoms with van der Waals surface area (Å²) in [4.78, 5) is 3.67. The van der Waals surface area contributed by atoms with Crippen molar-refractivity contribution in [3.8, 4) is 17.4 Å². The normalized spacial score (nSPS) is 12.2. The van der Waals surface area contributed by atoms with E-state index in [9.17, 15) is 21.6 Å². The summed E-state index contributed by atoms with van der Waals surface area (Å²) in [5.74, 6) is 0.112. The van der Waals surface area contributed by atoms with Crippen LogP contribution in [0, 0.1) is 0 Å². The van der Waals surface area contributed by atoms with Gasteiger partial charge in [-0.15, -0.1) is 0 Å². The molecule has 196 valence electrons. The molecule has 0 aliphatic heterocycles. The molecule has 0 aliphatic carbocycles. The van der Waals surface area contributed by atoms with Crippen LogP contribution in [-0.4, -0.2) is 56.7 Å². The van der Waals surface area contributed by atoms with E-state index in [1.54, 1.807) is 12.1 Å². The lowest BCUT2D eigenvalue weighted by atomic mass is 10.1. The molecule has 0 amide bonds. The number of aliphatic hydroxyl groups excluding tert-OH is 1. The Morgan fingerprint density at radius 1 is 1.20 bits per heavy atom. The first-order valence-electron chi connectivity index (χ1n) is 10.8. The van der Waals surface area contributed by atoms with Gasteiger partial charge in [0.1, 0.15) is 23.1 Å². The predicted octanol–water partition coefficient (Wildman–Crippen LogP) is 4.19. The summed E-state index contributed by atoms with van der Waals surface area (Å²) in [6.07, 6.45) is -3.50. The minimum absolute atomic E-state index is 0.00471. The maximum Gasteiger partial charge on any atom is 0.417 e. The van der Waals surface area contributed by atoms with Gasteiger partial charge >= 0.3 is 6.18 Å². The number of aromatic nitrogens is 1. The van der Waals surface area contributed by atoms with E-state index in [4.69, 9.17) is 30.9 Å². The summed E-state index contributed by atoms with van der Waals surface area (Å²) >= 11 is 5.96. The smallest absolute Gasteiger partial charge is 0.417 e. The lowest BCUT2D eigenvalue weighted by Crippen LogP contribution is -2.30. The van der Waals surface area contributed by atoms with E-state index in [0.717, 1.165) is 0 Å². The van der Waals surface area contributed by atoms with E-state index in [0.29, 0.717) is 23.6 Å². The Morgan fingerprint density at radius 2 is 1.94 bits per heavy atom. The number of hydrogen-bond acceptors (Lipinski definition) is 7. The molecule has 13 heteroatoms. The van der Waals surface area contributed by atoms with Gasteiger partial charge in [-0.25, -0.2) is 18.1 Å². The average Bonchev–Trinajstić information content (AvgIpc) is 2.77. The van der Waals surface area contributed by atoms with Crippen LogP contribution < -0.4 is 14.2 Å². The molecule has 0 bridgehead atoms. The standard InChI is InChI=1S/C22H28ClF3N2O6S/c1-15(2)32-9-7-28-35(30,31)11-3-4-16-5-6-18(33-10-8-29)13-20(16)34-21-19(23)12-17(14-27-21)22(24,25)26/h5-6,12-15,28-29H,3-4,7-11H2,1-2H3. The summed E-state index contributed by atoms with van der Waals surface area (Å²) in [6, 6.07) is 5.42. The number of aryl methyl sites for hydroxylation is 1. The molecule has 1 aromatic carbocycles. The second kappa shape index (κ2) is 13.3. The molecular formula is C22H28ClF3N2O6S. The Labute approximate surface area is 207 Å². The molecule has 1 aromatic heterocycles. The molecule has 0 aliphatic rings. The van der Waals surface area contributed by atoms with Crippen molar-refractivity contribution in [1.29, 1.82) is 0 Å². The molecule has 0 saturated heterocycles. The molecule has 2 aromatic rings. The lowest BCUT2D eigenvalue weighted by Gasteiger charge is -2.15. The van der Waals surface area contributed by atoms with Gasteiger partial charge in [0.25, 0.3) is 0 Å². The van der Waals surface area contributed by atoms with E-state index < -0.39 is 21.8 Å². The minimum Gasteiger partial charge on any atom is -0.491 e. The molecule has 0 radical (unpaired) electrons. The van der Waals surface area contributed by atoms with Gasteiger partial charge in [-0.05, 0) is 44.4 Å². The van der Waals surface area contributed by atoms with Crippen LogP contribution in [-0.2, 0) is 27.4 Å². The zero-order chi connectivity index (χ0) is 26.1. The molecule has 2 N–H and O–H groups in total. The van der Waals surface area contributed by atoms with Crippen molar-refractivity contribution in [1.82, 2.24) is 9.71 Å². The summed E-state index contributed by atoms with van der Waals surface area (Å²) in [5.41, 5.74) is -0.455. The van der Waals surface area contributed by atoms with Crippen LogP contribution in [0.15, 0.2) is 30.5 Å². The van der Waals surface area contributed by atoms with E-state index in [2.05, 4.69) is 9.71 Å². The van der Waals surface area contributed by atoms with E-state index in [1.165, 1.54) is 6.07 Å². The summed E-state index contributed by atoms with van der Waals surface area (Å²) in [7, 11) is -3.53. The Hall–Kier alpha value is -2.12. The third-order valence-corrected chi connectivity index (χ3v) is 6.22. The van der Waals surface area contributed by atoms with Crippen LogP contribution in [0.4, 0.5) is 13.2 Å². The SMILES string of the molecule is CC(C)OCCNS(=O)(=O)CCCc1ccc(OCCO)cc1Oc1ncc(C(F)(F)F)cc1Cl. The van der Waals surface area contributed by atoms with Gasteiger partial charge < -0.3 is 19.3 Å². The van der Waals surface area contributed by atoms with Crippen LogP contribution in [0.2, 0.25) is 5.02 Å². The molecule has 8 nitrogen and oxygen atoms in total. The van der Waals surface area contributed by atoms with Crippen molar-refractivity contribution in [2.75, 3.05) is 32.1 Å². The number of benzene rings is 1. The van der Waals surface area contributed by atoms with Crippen molar-refractivity contribution < 1.29 is 40.9 Å². The number of nitrogens with one attached hydrogen (secondary N) is 1. The topological polar surface area (TPSA) is 107 Å². The second-order valence-corrected chi connectivity index (χ2v) is 10.0. The summed E-state index contributed by atoms with van der Waals surface area (Å²) < 4.78 is 81.9. The quantitative estimate of drug-likeness (QED) is 0.346. The van der Waals surface area contributed by atoms with Gasteiger partial charge in [0.05, 0.1) is 30.6 Å². The second-order valence-electron chi connectivity index (χ2n) is 7.69. The number of hydrogen-bond donors (Lipinski definition) is 2. The number of aliphatic hydroxyl groups is 1. The number of sulfonamides is 1. The highest BCUT2D eigenvalue weighted by Gasteiger charge is 2.32. The van der Waals surface area contributed by atoms with Gasteiger partial charge in [0.2, 0.25) is 15.9 Å². The first kappa shape index (κ1) is 29.1. The van der Waals surface area contributed by atoms with Crippen LogP contribution in [0.5, 0.6) is 17.4 Å². The van der Waals surface area contributed by atoms with Gasteiger partial charge in [0.15, 0.2) is 0 Å². The largest absolute Gasteiger partial charge is 0.491 e. The Kier molecular flexibility index (Phi) is 11.0. The molecule has 1 heterocycles. The molecule has 0 spiro atoms. The number of ether oxygens (including phenoxy) is 3. The van der Waals surface area contributed by atoms with Crippen LogP contribution in [0.3, 0.4) is 0 Å². The third kappa shape index (κ3) is 10.2. The Balaban J connectivity index is 2.12. The molecule has 2 rings (SSSR count). The first-order chi connectivity index (χ1) is 16.4. The Morgan fingerprint density at radius 3 is 2.57 bits per heavy atom. The maximum atomic E-state index is 12.9. The van der Waals surface area contributed by atoms with E-state index in [1.807, 2.05) is 13.8 Å². The molecule has 0 saturated carbocycles. The lowest BCUT2D eigenvalue weighted by molar-refractivity contribution is -0.137. The fraction of sp³-hybridized carbons (Fsp3) is 0.500. The van der Waals surface area contributed by atoms with Crippen molar-refractivity contribution in [3.63, 3.8) is 0 Å². The van der Waals surface area contributed by atoms with Crippen molar-refractivity contribution >= 4 is 21.6 Å². The van der Waals surface area contributed by atoms with Crippen molar-refractivity contribution in [2.45, 2.75) is 39.0 Å². The van der Waals surface area contributed by atoms with Crippen LogP contribution in [0.25, 0.3) is 0 Å². The zero-order valence-electron chi connectivity index (χ0n) is 19.3. The van der Waals surface area contributed by atoms with Crippen molar-refractivity contribution in [3.05, 3.63) is 46.6 Å². The minimum atomic E-state index is -4.61. The monoisotopic (exact) mass is 540 g/mol. The fourth-order valence-electron chi connectivity index (χ4n) is 2.87. The molecular weight excluding hydrogens is 513 g/mol. The van der Waals surface area contributed by atoms with Crippen LogP contribution >= 0.6 is 11.6 Å². The molecule has 0 fully saturated rings. The predicted molar refractivity (Wildman–Crippen MR) is 125 cm³/mol. The summed E-state index contributed by atoms with van der Waals surface area (Å²) in [6.45, 7) is 3.90. The average molecular weight is 541 g/mol.